The van der Waals surface area contributed by atoms with Gasteiger partial charge in [-0.3, -0.25) is 14.6 Å². The molecule has 0 unspecified atom stereocenters. The van der Waals surface area contributed by atoms with Crippen LogP contribution in [0.5, 0.6) is 0 Å². The second kappa shape index (κ2) is 8.51. The lowest BCUT2D eigenvalue weighted by Crippen LogP contribution is -2.50. The highest BCUT2D eigenvalue weighted by molar-refractivity contribution is 5.94. The highest BCUT2D eigenvalue weighted by Crippen LogP contribution is 2.12. The second-order valence-electron chi connectivity index (χ2n) is 6.57. The zero-order valence-corrected chi connectivity index (χ0v) is 15.7. The highest BCUT2D eigenvalue weighted by atomic mass is 16.3. The fraction of sp³-hybridized carbons (Fsp3) is 0.250. The van der Waals surface area contributed by atoms with Gasteiger partial charge in [-0.25, -0.2) is 9.97 Å². The number of hydrogen-bond acceptors (Lipinski definition) is 7. The second-order valence-corrected chi connectivity index (χ2v) is 6.57. The minimum absolute atomic E-state index is 0.143. The SMILES string of the molecule is O=C(c1cnc(NCc2ccncc2)nc1)N1CCN(C(=O)c2ccco2)CC1. The maximum Gasteiger partial charge on any atom is 0.289 e. The predicted octanol–water partition coefficient (Wildman–Crippen LogP) is 1.67. The molecule has 1 aliphatic heterocycles. The zero-order chi connectivity index (χ0) is 20.1. The number of amides is 2. The summed E-state index contributed by atoms with van der Waals surface area (Å²) in [7, 11) is 0. The fourth-order valence-electron chi connectivity index (χ4n) is 3.06. The number of hydrogen-bond donors (Lipinski definition) is 1. The van der Waals surface area contributed by atoms with Gasteiger partial charge in [0.2, 0.25) is 5.95 Å². The standard InChI is InChI=1S/C20H20N6O3/c27-18(25-7-9-26(10-8-25)19(28)17-2-1-11-29-17)16-13-23-20(24-14-16)22-12-15-3-5-21-6-4-15/h1-6,11,13-14H,7-10,12H2,(H,22,23,24). The van der Waals surface area contributed by atoms with E-state index in [0.29, 0.717) is 50.0 Å². The number of carbonyl (C=O) groups excluding carboxylic acids is 2. The van der Waals surface area contributed by atoms with Crippen molar-refractivity contribution in [1.29, 1.82) is 0 Å². The molecule has 0 aromatic carbocycles. The Hall–Kier alpha value is -3.75. The summed E-state index contributed by atoms with van der Waals surface area (Å²) in [6.07, 6.45) is 7.96. The van der Waals surface area contributed by atoms with E-state index in [1.54, 1.807) is 34.3 Å². The third kappa shape index (κ3) is 4.40. The molecule has 1 fully saturated rings. The Morgan fingerprint density at radius 3 is 2.24 bits per heavy atom. The summed E-state index contributed by atoms with van der Waals surface area (Å²) < 4.78 is 5.15. The van der Waals surface area contributed by atoms with Gasteiger partial charge in [0.05, 0.1) is 11.8 Å². The first-order valence-electron chi connectivity index (χ1n) is 9.27. The first-order chi connectivity index (χ1) is 14.2. The summed E-state index contributed by atoms with van der Waals surface area (Å²) in [4.78, 5) is 40.8. The van der Waals surface area contributed by atoms with Crippen LogP contribution in [0.25, 0.3) is 0 Å². The molecule has 2 amide bonds. The average molecular weight is 392 g/mol. The summed E-state index contributed by atoms with van der Waals surface area (Å²) in [6, 6.07) is 7.13. The molecule has 3 aromatic rings. The number of nitrogens with zero attached hydrogens (tertiary/aromatic N) is 5. The first-order valence-corrected chi connectivity index (χ1v) is 9.27. The van der Waals surface area contributed by atoms with E-state index in [1.165, 1.54) is 18.7 Å². The molecule has 0 atom stereocenters. The van der Waals surface area contributed by atoms with Gasteiger partial charge in [-0.05, 0) is 29.8 Å². The Bertz CT molecular complexity index is 952. The van der Waals surface area contributed by atoms with E-state index in [0.717, 1.165) is 5.56 Å². The lowest BCUT2D eigenvalue weighted by molar-refractivity contribution is 0.0517. The maximum absolute atomic E-state index is 12.7. The van der Waals surface area contributed by atoms with Gasteiger partial charge < -0.3 is 19.5 Å². The zero-order valence-electron chi connectivity index (χ0n) is 15.7. The maximum atomic E-state index is 12.7. The van der Waals surface area contributed by atoms with Gasteiger partial charge in [0.15, 0.2) is 5.76 Å². The van der Waals surface area contributed by atoms with Crippen LogP contribution >= 0.6 is 0 Å². The molecular formula is C20H20N6O3. The number of carbonyl (C=O) groups is 2. The fourth-order valence-corrected chi connectivity index (χ4v) is 3.06. The molecule has 148 valence electrons. The molecule has 9 nitrogen and oxygen atoms in total. The van der Waals surface area contributed by atoms with Gasteiger partial charge in [0, 0.05) is 57.5 Å². The van der Waals surface area contributed by atoms with Crippen LogP contribution < -0.4 is 5.32 Å². The summed E-state index contributed by atoms with van der Waals surface area (Å²) in [5, 5.41) is 3.11. The van der Waals surface area contributed by atoms with Crippen molar-refractivity contribution in [3.8, 4) is 0 Å². The van der Waals surface area contributed by atoms with E-state index >= 15 is 0 Å². The molecule has 1 aliphatic rings. The van der Waals surface area contributed by atoms with E-state index in [2.05, 4.69) is 20.3 Å². The van der Waals surface area contributed by atoms with E-state index in [4.69, 9.17) is 4.42 Å². The quantitative estimate of drug-likeness (QED) is 0.704. The Balaban J connectivity index is 1.30. The van der Waals surface area contributed by atoms with E-state index in [-0.39, 0.29) is 11.8 Å². The van der Waals surface area contributed by atoms with E-state index in [1.807, 2.05) is 12.1 Å². The van der Waals surface area contributed by atoms with Crippen LogP contribution in [0.3, 0.4) is 0 Å². The van der Waals surface area contributed by atoms with E-state index in [9.17, 15) is 9.59 Å². The minimum Gasteiger partial charge on any atom is -0.459 e. The van der Waals surface area contributed by atoms with Crippen LogP contribution in [-0.2, 0) is 6.54 Å². The number of aromatic nitrogens is 3. The van der Waals surface area contributed by atoms with Crippen LogP contribution in [0.2, 0.25) is 0 Å². The van der Waals surface area contributed by atoms with Gasteiger partial charge in [-0.2, -0.15) is 0 Å². The predicted molar refractivity (Wildman–Crippen MR) is 104 cm³/mol. The number of anilines is 1. The third-order valence-corrected chi connectivity index (χ3v) is 4.68. The first kappa shape index (κ1) is 18.6. The van der Waals surface area contributed by atoms with Gasteiger partial charge >= 0.3 is 0 Å². The minimum atomic E-state index is -0.157. The lowest BCUT2D eigenvalue weighted by Gasteiger charge is -2.34. The smallest absolute Gasteiger partial charge is 0.289 e. The summed E-state index contributed by atoms with van der Waals surface area (Å²) in [5.74, 6) is 0.464. The average Bonchev–Trinajstić information content (AvgIpc) is 3.33. The molecule has 0 radical (unpaired) electrons. The molecule has 4 rings (SSSR count). The summed E-state index contributed by atoms with van der Waals surface area (Å²) in [5.41, 5.74) is 1.48. The van der Waals surface area contributed by atoms with Crippen LogP contribution in [0.4, 0.5) is 5.95 Å². The topological polar surface area (TPSA) is 104 Å². The molecule has 0 bridgehead atoms. The monoisotopic (exact) mass is 392 g/mol. The van der Waals surface area contributed by atoms with Gasteiger partial charge in [-0.15, -0.1) is 0 Å². The molecule has 1 N–H and O–H groups in total. The van der Waals surface area contributed by atoms with Crippen LogP contribution in [0.15, 0.2) is 59.7 Å². The molecule has 3 aromatic heterocycles. The largest absolute Gasteiger partial charge is 0.459 e. The van der Waals surface area contributed by atoms with E-state index < -0.39 is 0 Å². The van der Waals surface area contributed by atoms with Crippen LogP contribution in [0.1, 0.15) is 26.5 Å². The van der Waals surface area contributed by atoms with Crippen molar-refractivity contribution < 1.29 is 14.0 Å². The molecular weight excluding hydrogens is 372 g/mol. The van der Waals surface area contributed by atoms with Gasteiger partial charge in [0.1, 0.15) is 0 Å². The summed E-state index contributed by atoms with van der Waals surface area (Å²) >= 11 is 0. The Kier molecular flexibility index (Phi) is 5.46. The van der Waals surface area contributed by atoms with Crippen LogP contribution in [-0.4, -0.2) is 62.7 Å². The molecule has 1 saturated heterocycles. The van der Waals surface area contributed by atoms with Crippen molar-refractivity contribution >= 4 is 17.8 Å². The van der Waals surface area contributed by atoms with Gasteiger partial charge in [-0.1, -0.05) is 0 Å². The Morgan fingerprint density at radius 2 is 1.62 bits per heavy atom. The molecule has 0 spiro atoms. The molecule has 9 heteroatoms. The number of rotatable bonds is 5. The van der Waals surface area contributed by atoms with Gasteiger partial charge in [0.25, 0.3) is 11.8 Å². The molecule has 4 heterocycles. The van der Waals surface area contributed by atoms with Crippen molar-refractivity contribution in [2.45, 2.75) is 6.54 Å². The number of nitrogens with one attached hydrogen (secondary N) is 1. The van der Waals surface area contributed by atoms with Crippen LogP contribution in [0, 0.1) is 0 Å². The van der Waals surface area contributed by atoms with Crippen molar-refractivity contribution in [3.63, 3.8) is 0 Å². The summed E-state index contributed by atoms with van der Waals surface area (Å²) in [6.45, 7) is 2.39. The highest BCUT2D eigenvalue weighted by Gasteiger charge is 2.26. The molecule has 0 saturated carbocycles. The number of piperazine rings is 1. The number of furan rings is 1. The third-order valence-electron chi connectivity index (χ3n) is 4.68. The normalized spacial score (nSPS) is 13.9. The Labute approximate surface area is 167 Å². The van der Waals surface area contributed by atoms with Crippen molar-refractivity contribution in [2.75, 3.05) is 31.5 Å². The number of pyridine rings is 1. The van der Waals surface area contributed by atoms with Crippen molar-refractivity contribution in [1.82, 2.24) is 24.8 Å². The molecule has 29 heavy (non-hydrogen) atoms. The van der Waals surface area contributed by atoms with Crippen molar-refractivity contribution in [3.05, 3.63) is 72.2 Å². The lowest BCUT2D eigenvalue weighted by atomic mass is 10.2. The molecule has 0 aliphatic carbocycles. The van der Waals surface area contributed by atoms with Crippen molar-refractivity contribution in [2.24, 2.45) is 0 Å². The Morgan fingerprint density at radius 1 is 0.966 bits per heavy atom.